The number of hydrogen-bond donors (Lipinski definition) is 2. The van der Waals surface area contributed by atoms with Gasteiger partial charge in [-0.3, -0.25) is 4.79 Å². The summed E-state index contributed by atoms with van der Waals surface area (Å²) in [6.07, 6.45) is 7.15. The Balaban J connectivity index is 0.00000259. The summed E-state index contributed by atoms with van der Waals surface area (Å²) >= 11 is 0. The molecule has 33 heavy (non-hydrogen) atoms. The molecule has 9 heteroatoms. The number of ether oxygens (including phenoxy) is 1. The zero-order valence-corrected chi connectivity index (χ0v) is 20.8. The van der Waals surface area contributed by atoms with E-state index in [0.717, 1.165) is 28.0 Å². The van der Waals surface area contributed by atoms with Gasteiger partial charge < -0.3 is 24.5 Å². The number of carbonyl (C=O) groups excluding carboxylic acids is 1. The molecule has 8 nitrogen and oxygen atoms in total. The first-order chi connectivity index (χ1) is 15.7. The third-order valence-corrected chi connectivity index (χ3v) is 5.47. The summed E-state index contributed by atoms with van der Waals surface area (Å²) in [5.74, 6) is 0.564. The Morgan fingerprint density at radius 1 is 1.21 bits per heavy atom. The average Bonchev–Trinajstić information content (AvgIpc) is 3.34. The Hall–Kier alpha value is -2.65. The Morgan fingerprint density at radius 3 is 2.82 bits per heavy atom. The largest absolute Gasteiger partial charge is 0.394 e. The van der Waals surface area contributed by atoms with Crippen LogP contribution in [0.4, 0.5) is 11.5 Å². The van der Waals surface area contributed by atoms with Gasteiger partial charge in [0.1, 0.15) is 5.82 Å². The van der Waals surface area contributed by atoms with E-state index < -0.39 is 0 Å². The summed E-state index contributed by atoms with van der Waals surface area (Å²) in [5, 5.41) is 13.0. The van der Waals surface area contributed by atoms with Gasteiger partial charge in [-0.05, 0) is 18.2 Å². The number of anilines is 2. The van der Waals surface area contributed by atoms with Crippen LogP contribution in [-0.4, -0.2) is 56.6 Å². The number of carbonyl (C=O) groups is 1. The van der Waals surface area contributed by atoms with Gasteiger partial charge in [-0.25, -0.2) is 9.97 Å². The maximum absolute atomic E-state index is 12.6. The number of amides is 1. The molecule has 165 valence electrons. The number of aromatic nitrogens is 3. The summed E-state index contributed by atoms with van der Waals surface area (Å²) in [6, 6.07) is 14.3. The minimum atomic E-state index is -0.0961. The van der Waals surface area contributed by atoms with Crippen LogP contribution in [0.25, 0.3) is 16.8 Å². The fraction of sp³-hybridized carbons (Fsp3) is 0.208. The van der Waals surface area contributed by atoms with E-state index in [-0.39, 0.29) is 45.2 Å². The monoisotopic (exact) mass is 517 g/mol. The molecule has 0 atom stereocenters. The summed E-state index contributed by atoms with van der Waals surface area (Å²) in [5.41, 5.74) is 4.59. The Morgan fingerprint density at radius 2 is 2.06 bits per heavy atom. The molecule has 0 aliphatic carbocycles. The number of rotatable bonds is 5. The van der Waals surface area contributed by atoms with E-state index in [4.69, 9.17) is 4.74 Å². The standard InChI is InChI=1S/C24H22N5O3.Y/c30-16-18-3-1-2-4-20(18)19-13-21(23-25-7-8-29(23)15-19)27-22-6-5-17(14-26-22)24(31)28-9-11-32-12-10-28;/h1-2,4-8,13-15,30H,9-12,16H2,(H,26,27);/q-1;. The minimum absolute atomic E-state index is 0. The topological polar surface area (TPSA) is 92.0 Å². The Labute approximate surface area is 216 Å². The molecule has 1 amide bonds. The molecule has 4 heterocycles. The molecule has 0 bridgehead atoms. The van der Waals surface area contributed by atoms with Crippen molar-refractivity contribution < 1.29 is 47.3 Å². The van der Waals surface area contributed by atoms with Gasteiger partial charge in [0, 0.05) is 77.2 Å². The SMILES string of the molecule is O=C(c1ccc(Nc2cc(-c3ccc[c-]c3CO)cn3ccnc23)nc1)N1CCOCC1.[Y]. The molecular weight excluding hydrogens is 495 g/mol. The van der Waals surface area contributed by atoms with Gasteiger partial charge in [-0.15, -0.1) is 11.1 Å². The molecule has 1 aliphatic rings. The second-order valence-electron chi connectivity index (χ2n) is 7.48. The van der Waals surface area contributed by atoms with Crippen LogP contribution in [0, 0.1) is 6.07 Å². The zero-order chi connectivity index (χ0) is 21.9. The molecule has 4 aromatic rings. The number of benzene rings is 1. The number of nitrogens with one attached hydrogen (secondary N) is 1. The van der Waals surface area contributed by atoms with Crippen LogP contribution in [0.5, 0.6) is 0 Å². The van der Waals surface area contributed by atoms with E-state index in [1.165, 1.54) is 0 Å². The molecule has 1 fully saturated rings. The molecule has 1 aromatic carbocycles. The summed E-state index contributed by atoms with van der Waals surface area (Å²) in [6.45, 7) is 2.22. The number of imidazole rings is 1. The van der Waals surface area contributed by atoms with E-state index in [2.05, 4.69) is 21.4 Å². The predicted molar refractivity (Wildman–Crippen MR) is 120 cm³/mol. The molecule has 2 N–H and O–H groups in total. The second kappa shape index (κ2) is 10.5. The summed E-state index contributed by atoms with van der Waals surface area (Å²) < 4.78 is 7.23. The Kier molecular flexibility index (Phi) is 7.50. The summed E-state index contributed by atoms with van der Waals surface area (Å²) in [7, 11) is 0. The van der Waals surface area contributed by atoms with Crippen molar-refractivity contribution in [3.8, 4) is 11.1 Å². The van der Waals surface area contributed by atoms with Gasteiger partial charge in [-0.2, -0.15) is 24.3 Å². The van der Waals surface area contributed by atoms with Crippen LogP contribution in [0.2, 0.25) is 0 Å². The fourth-order valence-corrected chi connectivity index (χ4v) is 3.83. The van der Waals surface area contributed by atoms with Gasteiger partial charge in [0.25, 0.3) is 5.91 Å². The minimum Gasteiger partial charge on any atom is -0.394 e. The van der Waals surface area contributed by atoms with Crippen molar-refractivity contribution in [2.24, 2.45) is 0 Å². The van der Waals surface area contributed by atoms with Crippen LogP contribution in [0.3, 0.4) is 0 Å². The van der Waals surface area contributed by atoms with Crippen molar-refractivity contribution in [1.29, 1.82) is 0 Å². The van der Waals surface area contributed by atoms with Gasteiger partial charge in [-0.1, -0.05) is 5.56 Å². The number of pyridine rings is 2. The number of aliphatic hydroxyl groups is 1. The number of hydrogen-bond acceptors (Lipinski definition) is 6. The molecule has 0 spiro atoms. The Bertz CT molecular complexity index is 1250. The first kappa shape index (κ1) is 23.5. The van der Waals surface area contributed by atoms with Crippen molar-refractivity contribution in [2.75, 3.05) is 31.6 Å². The zero-order valence-electron chi connectivity index (χ0n) is 17.9. The number of aliphatic hydroxyl groups excluding tert-OH is 1. The number of nitrogens with zero attached hydrogens (tertiary/aromatic N) is 4. The van der Waals surface area contributed by atoms with E-state index >= 15 is 0 Å². The normalized spacial score (nSPS) is 13.5. The van der Waals surface area contributed by atoms with Gasteiger partial charge in [0.15, 0.2) is 5.65 Å². The van der Waals surface area contributed by atoms with Gasteiger partial charge in [0.2, 0.25) is 0 Å². The number of morpholine rings is 1. The maximum Gasteiger partial charge on any atom is 0.255 e. The number of fused-ring (bicyclic) bond motifs is 1. The van der Waals surface area contributed by atoms with E-state index in [9.17, 15) is 9.90 Å². The van der Waals surface area contributed by atoms with Crippen LogP contribution < -0.4 is 5.32 Å². The third kappa shape index (κ3) is 4.99. The molecule has 0 unspecified atom stereocenters. The fourth-order valence-electron chi connectivity index (χ4n) is 3.83. The molecule has 3 aromatic heterocycles. The van der Waals surface area contributed by atoms with Gasteiger partial charge >= 0.3 is 0 Å². The van der Waals surface area contributed by atoms with Crippen LogP contribution >= 0.6 is 0 Å². The van der Waals surface area contributed by atoms with Crippen LogP contribution in [0.1, 0.15) is 15.9 Å². The summed E-state index contributed by atoms with van der Waals surface area (Å²) in [4.78, 5) is 23.3. The molecule has 5 rings (SSSR count). The quantitative estimate of drug-likeness (QED) is 0.396. The third-order valence-electron chi connectivity index (χ3n) is 5.47. The second-order valence-corrected chi connectivity index (χ2v) is 7.48. The average molecular weight is 517 g/mol. The van der Waals surface area contributed by atoms with E-state index in [1.807, 2.05) is 35.0 Å². The van der Waals surface area contributed by atoms with Crippen molar-refractivity contribution in [3.63, 3.8) is 0 Å². The van der Waals surface area contributed by atoms with Gasteiger partial charge in [0.05, 0.1) is 24.5 Å². The van der Waals surface area contributed by atoms with Crippen molar-refractivity contribution >= 4 is 23.1 Å². The van der Waals surface area contributed by atoms with E-state index in [0.29, 0.717) is 37.7 Å². The first-order valence-electron chi connectivity index (χ1n) is 10.4. The molecule has 1 aliphatic heterocycles. The van der Waals surface area contributed by atoms with Crippen molar-refractivity contribution in [3.05, 3.63) is 78.4 Å². The molecule has 1 radical (unpaired) electrons. The predicted octanol–water partition coefficient (Wildman–Crippen LogP) is 2.90. The van der Waals surface area contributed by atoms with Crippen molar-refractivity contribution in [1.82, 2.24) is 19.3 Å². The molecule has 0 saturated carbocycles. The molecule has 1 saturated heterocycles. The molecular formula is C24H22N5O3Y-. The maximum atomic E-state index is 12.6. The first-order valence-corrected chi connectivity index (χ1v) is 10.4. The van der Waals surface area contributed by atoms with Crippen LogP contribution in [-0.2, 0) is 44.1 Å². The van der Waals surface area contributed by atoms with E-state index in [1.54, 1.807) is 35.5 Å². The van der Waals surface area contributed by atoms with Crippen molar-refractivity contribution in [2.45, 2.75) is 6.61 Å². The smallest absolute Gasteiger partial charge is 0.255 e. The van der Waals surface area contributed by atoms with Crippen LogP contribution in [0.15, 0.2) is 61.2 Å².